The fourth-order valence-electron chi connectivity index (χ4n) is 3.73. The van der Waals surface area contributed by atoms with Gasteiger partial charge >= 0.3 is 0 Å². The molecule has 3 atom stereocenters. The number of benzene rings is 1. The van der Waals surface area contributed by atoms with Gasteiger partial charge in [0.25, 0.3) is 0 Å². The molecule has 2 saturated heterocycles. The number of rotatable bonds is 2. The van der Waals surface area contributed by atoms with Gasteiger partial charge in [-0.1, -0.05) is 35.0 Å². The van der Waals surface area contributed by atoms with Crippen molar-refractivity contribution in [2.24, 2.45) is 5.92 Å². The molecule has 20 heavy (non-hydrogen) atoms. The lowest BCUT2D eigenvalue weighted by atomic mass is 9.86. The lowest BCUT2D eigenvalue weighted by Gasteiger charge is -2.45. The van der Waals surface area contributed by atoms with E-state index in [-0.39, 0.29) is 0 Å². The second kappa shape index (κ2) is 6.59. The zero-order chi connectivity index (χ0) is 13.9. The molecule has 2 fully saturated rings. The summed E-state index contributed by atoms with van der Waals surface area (Å²) in [5, 5.41) is 3.58. The van der Waals surface area contributed by atoms with Crippen molar-refractivity contribution in [2.75, 3.05) is 19.6 Å². The Morgan fingerprint density at radius 1 is 1.20 bits per heavy atom. The molecule has 0 radical (unpaired) electrons. The van der Waals surface area contributed by atoms with Gasteiger partial charge in [0.2, 0.25) is 0 Å². The predicted molar refractivity (Wildman–Crippen MR) is 87.9 cm³/mol. The summed E-state index contributed by atoms with van der Waals surface area (Å²) < 4.78 is 1.18. The molecule has 2 heterocycles. The lowest BCUT2D eigenvalue weighted by molar-refractivity contribution is 0.0587. The maximum atomic E-state index is 3.58. The molecule has 2 aliphatic heterocycles. The summed E-state index contributed by atoms with van der Waals surface area (Å²) in [4.78, 5) is 2.77. The largest absolute Gasteiger partial charge is 0.315 e. The molecule has 1 unspecified atom stereocenters. The summed E-state index contributed by atoms with van der Waals surface area (Å²) in [6.45, 7) is 6.03. The topological polar surface area (TPSA) is 15.3 Å². The minimum absolute atomic E-state index is 0.608. The van der Waals surface area contributed by atoms with Gasteiger partial charge in [-0.3, -0.25) is 4.90 Å². The monoisotopic (exact) mass is 336 g/mol. The fraction of sp³-hybridized carbons (Fsp3) is 0.647. The van der Waals surface area contributed by atoms with Crippen LogP contribution in [0.3, 0.4) is 0 Å². The van der Waals surface area contributed by atoms with Crippen molar-refractivity contribution in [3.05, 3.63) is 34.3 Å². The van der Waals surface area contributed by atoms with Crippen molar-refractivity contribution in [1.29, 1.82) is 0 Å². The summed E-state index contributed by atoms with van der Waals surface area (Å²) in [6.07, 6.45) is 5.33. The maximum absolute atomic E-state index is 3.58. The van der Waals surface area contributed by atoms with Gasteiger partial charge in [-0.25, -0.2) is 0 Å². The van der Waals surface area contributed by atoms with E-state index in [2.05, 4.69) is 57.3 Å². The van der Waals surface area contributed by atoms with Gasteiger partial charge in [0.1, 0.15) is 0 Å². The molecule has 2 aliphatic rings. The lowest BCUT2D eigenvalue weighted by Crippen LogP contribution is -2.50. The van der Waals surface area contributed by atoms with Gasteiger partial charge in [-0.05, 0) is 62.4 Å². The first-order valence-electron chi connectivity index (χ1n) is 7.96. The minimum Gasteiger partial charge on any atom is -0.315 e. The van der Waals surface area contributed by atoms with E-state index in [0.717, 1.165) is 12.0 Å². The summed E-state index contributed by atoms with van der Waals surface area (Å²) in [6, 6.07) is 10.3. The number of likely N-dealkylation sites (tertiary alicyclic amines) is 1. The van der Waals surface area contributed by atoms with Gasteiger partial charge < -0.3 is 5.32 Å². The highest BCUT2D eigenvalue weighted by atomic mass is 79.9. The third-order valence-corrected chi connectivity index (χ3v) is 5.43. The van der Waals surface area contributed by atoms with Crippen LogP contribution < -0.4 is 5.32 Å². The molecule has 0 spiro atoms. The number of hydrogen-bond acceptors (Lipinski definition) is 2. The van der Waals surface area contributed by atoms with Gasteiger partial charge in [0, 0.05) is 23.1 Å². The van der Waals surface area contributed by atoms with Crippen LogP contribution in [0.15, 0.2) is 28.7 Å². The van der Waals surface area contributed by atoms with E-state index < -0.39 is 0 Å². The van der Waals surface area contributed by atoms with Crippen LogP contribution in [0, 0.1) is 5.92 Å². The van der Waals surface area contributed by atoms with Crippen LogP contribution in [-0.2, 0) is 0 Å². The zero-order valence-corrected chi connectivity index (χ0v) is 13.9. The molecule has 0 amide bonds. The average molecular weight is 337 g/mol. The molecule has 0 saturated carbocycles. The van der Waals surface area contributed by atoms with E-state index in [1.54, 1.807) is 0 Å². The molecular formula is C17H25BrN2. The van der Waals surface area contributed by atoms with E-state index in [0.29, 0.717) is 6.04 Å². The van der Waals surface area contributed by atoms with Crippen LogP contribution in [0.4, 0.5) is 0 Å². The van der Waals surface area contributed by atoms with E-state index in [9.17, 15) is 0 Å². The Kier molecular flexibility index (Phi) is 4.79. The van der Waals surface area contributed by atoms with Crippen LogP contribution >= 0.6 is 15.9 Å². The molecular weight excluding hydrogens is 312 g/mol. The van der Waals surface area contributed by atoms with Crippen molar-refractivity contribution >= 4 is 15.9 Å². The van der Waals surface area contributed by atoms with Crippen LogP contribution in [0.1, 0.15) is 44.2 Å². The van der Waals surface area contributed by atoms with Crippen LogP contribution in [0.25, 0.3) is 0 Å². The molecule has 1 N–H and O–H groups in total. The zero-order valence-electron chi connectivity index (χ0n) is 12.3. The van der Waals surface area contributed by atoms with E-state index in [1.165, 1.54) is 55.4 Å². The smallest absolute Gasteiger partial charge is 0.0354 e. The molecule has 1 aromatic rings. The normalized spacial score (nSPS) is 32.2. The highest BCUT2D eigenvalue weighted by Gasteiger charge is 2.32. The standard InChI is InChI=1S/C17H25BrN2/c1-13-8-10-20(16-3-2-9-19-12-16)17(11-13)14-4-6-15(18)7-5-14/h4-7,13,16-17,19H,2-3,8-12H2,1H3/t13?,16-,17-/m1/s1. The van der Waals surface area contributed by atoms with Crippen LogP contribution in [0.2, 0.25) is 0 Å². The fourth-order valence-corrected chi connectivity index (χ4v) is 3.99. The first-order chi connectivity index (χ1) is 9.74. The summed E-state index contributed by atoms with van der Waals surface area (Å²) in [7, 11) is 0. The average Bonchev–Trinajstić information content (AvgIpc) is 2.49. The minimum atomic E-state index is 0.608. The van der Waals surface area contributed by atoms with E-state index >= 15 is 0 Å². The first-order valence-corrected chi connectivity index (χ1v) is 8.75. The quantitative estimate of drug-likeness (QED) is 0.878. The van der Waals surface area contributed by atoms with Gasteiger partial charge in [0.05, 0.1) is 0 Å². The second-order valence-electron chi connectivity index (χ2n) is 6.43. The number of halogens is 1. The SMILES string of the molecule is CC1CCN([C@@H]2CCCNC2)[C@@H](c2ccc(Br)cc2)C1. The van der Waals surface area contributed by atoms with Gasteiger partial charge in [-0.2, -0.15) is 0 Å². The molecule has 0 bridgehead atoms. The Bertz CT molecular complexity index is 425. The van der Waals surface area contributed by atoms with Crippen LogP contribution in [-0.4, -0.2) is 30.6 Å². The Balaban J connectivity index is 1.80. The van der Waals surface area contributed by atoms with Crippen molar-refractivity contribution in [3.8, 4) is 0 Å². The van der Waals surface area contributed by atoms with Crippen molar-refractivity contribution in [2.45, 2.75) is 44.7 Å². The second-order valence-corrected chi connectivity index (χ2v) is 7.35. The Morgan fingerprint density at radius 3 is 2.70 bits per heavy atom. The maximum Gasteiger partial charge on any atom is 0.0354 e. The van der Waals surface area contributed by atoms with Crippen molar-refractivity contribution in [1.82, 2.24) is 10.2 Å². The molecule has 0 aromatic heterocycles. The molecule has 0 aliphatic carbocycles. The molecule has 3 rings (SSSR count). The third kappa shape index (κ3) is 3.26. The summed E-state index contributed by atoms with van der Waals surface area (Å²) in [5.41, 5.74) is 1.49. The molecule has 2 nitrogen and oxygen atoms in total. The number of nitrogens with one attached hydrogen (secondary N) is 1. The highest BCUT2D eigenvalue weighted by Crippen LogP contribution is 2.36. The number of nitrogens with zero attached hydrogens (tertiary/aromatic N) is 1. The Hall–Kier alpha value is -0.380. The van der Waals surface area contributed by atoms with E-state index in [4.69, 9.17) is 0 Å². The predicted octanol–water partition coefficient (Wildman–Crippen LogP) is 3.97. The van der Waals surface area contributed by atoms with Crippen molar-refractivity contribution in [3.63, 3.8) is 0 Å². The first kappa shape index (κ1) is 14.6. The van der Waals surface area contributed by atoms with Crippen LogP contribution in [0.5, 0.6) is 0 Å². The van der Waals surface area contributed by atoms with Crippen molar-refractivity contribution < 1.29 is 0 Å². The summed E-state index contributed by atoms with van der Waals surface area (Å²) in [5.74, 6) is 0.844. The number of hydrogen-bond donors (Lipinski definition) is 1. The molecule has 1 aromatic carbocycles. The Labute approximate surface area is 131 Å². The Morgan fingerprint density at radius 2 is 2.00 bits per heavy atom. The van der Waals surface area contributed by atoms with Gasteiger partial charge in [-0.15, -0.1) is 0 Å². The molecule has 110 valence electrons. The molecule has 3 heteroatoms. The number of piperidine rings is 2. The highest BCUT2D eigenvalue weighted by molar-refractivity contribution is 9.10. The third-order valence-electron chi connectivity index (χ3n) is 4.90. The summed E-state index contributed by atoms with van der Waals surface area (Å²) >= 11 is 3.55. The van der Waals surface area contributed by atoms with E-state index in [1.807, 2.05) is 0 Å². The van der Waals surface area contributed by atoms with Gasteiger partial charge in [0.15, 0.2) is 0 Å².